The van der Waals surface area contributed by atoms with Gasteiger partial charge < -0.3 is 0 Å². The number of nitrogens with one attached hydrogen (secondary N) is 1. The Morgan fingerprint density at radius 1 is 1.75 bits per heavy atom. The zero-order valence-corrected chi connectivity index (χ0v) is 7.39. The Hall–Kier alpha value is 0.170. The second kappa shape index (κ2) is 4.09. The van der Waals surface area contributed by atoms with Crippen molar-refractivity contribution in [3.63, 3.8) is 0 Å². The molecule has 1 N–H and O–H groups in total. The second-order valence-electron chi connectivity index (χ2n) is 1.24. The van der Waals surface area contributed by atoms with E-state index in [0.717, 1.165) is 5.33 Å². The Balaban J connectivity index is 0.000000490. The third-order valence-corrected chi connectivity index (χ3v) is 1.36. The van der Waals surface area contributed by atoms with Gasteiger partial charge in [0.05, 0.1) is 6.20 Å². The molecule has 0 saturated heterocycles. The number of hydrogen-bond acceptors (Lipinski definition) is 1. The van der Waals surface area contributed by atoms with E-state index in [4.69, 9.17) is 0 Å². The number of nitrogens with zero attached hydrogens (tertiary/aromatic N) is 1. The zero-order valence-electron chi connectivity index (χ0n) is 4.10. The smallest absolute Gasteiger partial charge is 0.0527 e. The quantitative estimate of drug-likeness (QED) is 0.748. The van der Waals surface area contributed by atoms with Gasteiger partial charge in [0.25, 0.3) is 0 Å². The molecule has 0 saturated carbocycles. The van der Waals surface area contributed by atoms with Crippen LogP contribution >= 0.6 is 32.9 Å². The fraction of sp³-hybridized carbons (Fsp3) is 0.250. The third kappa shape index (κ3) is 1.96. The first-order chi connectivity index (χ1) is 3.43. The van der Waals surface area contributed by atoms with E-state index >= 15 is 0 Å². The Bertz CT molecular complexity index is 127. The highest BCUT2D eigenvalue weighted by molar-refractivity contribution is 9.08. The van der Waals surface area contributed by atoms with Crippen molar-refractivity contribution in [1.82, 2.24) is 10.2 Å². The molecule has 0 aliphatic heterocycles. The van der Waals surface area contributed by atoms with Crippen molar-refractivity contribution in [2.24, 2.45) is 0 Å². The first-order valence-corrected chi connectivity index (χ1v) is 3.09. The van der Waals surface area contributed by atoms with Crippen molar-refractivity contribution >= 4 is 32.9 Å². The van der Waals surface area contributed by atoms with Gasteiger partial charge in [0, 0.05) is 17.1 Å². The second-order valence-corrected chi connectivity index (χ2v) is 1.80. The van der Waals surface area contributed by atoms with Gasteiger partial charge in [-0.2, -0.15) is 5.10 Å². The number of hydrogen-bond donors (Lipinski definition) is 1. The van der Waals surface area contributed by atoms with Crippen LogP contribution in [0.25, 0.3) is 0 Å². The topological polar surface area (TPSA) is 28.7 Å². The van der Waals surface area contributed by atoms with Crippen molar-refractivity contribution in [2.45, 2.75) is 5.33 Å². The Morgan fingerprint density at radius 2 is 2.50 bits per heavy atom. The van der Waals surface area contributed by atoms with Gasteiger partial charge in [-0.25, -0.2) is 0 Å². The van der Waals surface area contributed by atoms with Crippen molar-refractivity contribution in [3.05, 3.63) is 18.0 Å². The van der Waals surface area contributed by atoms with Gasteiger partial charge in [0.1, 0.15) is 0 Å². The molecule has 0 aliphatic carbocycles. The number of alkyl halides is 1. The van der Waals surface area contributed by atoms with E-state index in [-0.39, 0.29) is 17.0 Å². The molecule has 1 rings (SSSR count). The summed E-state index contributed by atoms with van der Waals surface area (Å²) in [6.07, 6.45) is 3.64. The maximum absolute atomic E-state index is 3.74. The van der Waals surface area contributed by atoms with E-state index in [9.17, 15) is 0 Å². The van der Waals surface area contributed by atoms with Crippen LogP contribution in [0, 0.1) is 0 Å². The summed E-state index contributed by atoms with van der Waals surface area (Å²) < 4.78 is 0. The SMILES string of the molecule is Br.BrCc1cn[nH]c1. The summed E-state index contributed by atoms with van der Waals surface area (Å²) >= 11 is 3.28. The Morgan fingerprint density at radius 3 is 2.75 bits per heavy atom. The van der Waals surface area contributed by atoms with Crippen LogP contribution in [-0.4, -0.2) is 10.2 Å². The third-order valence-electron chi connectivity index (χ3n) is 0.709. The fourth-order valence-corrected chi connectivity index (χ4v) is 0.657. The minimum Gasteiger partial charge on any atom is -0.285 e. The molecular formula is C4H6Br2N2. The molecule has 0 spiro atoms. The number of halogens is 2. The van der Waals surface area contributed by atoms with Crippen LogP contribution in [0.5, 0.6) is 0 Å². The standard InChI is InChI=1S/C4H5BrN2.BrH/c5-1-4-2-6-7-3-4;/h2-3H,1H2,(H,6,7);1H. The van der Waals surface area contributed by atoms with Gasteiger partial charge in [-0.15, -0.1) is 17.0 Å². The van der Waals surface area contributed by atoms with Crippen LogP contribution in [0.15, 0.2) is 12.4 Å². The molecule has 0 fully saturated rings. The van der Waals surface area contributed by atoms with Gasteiger partial charge in [-0.1, -0.05) is 15.9 Å². The molecule has 46 valence electrons. The zero-order chi connectivity index (χ0) is 5.11. The lowest BCUT2D eigenvalue weighted by atomic mass is 10.4. The molecule has 1 aromatic heterocycles. The monoisotopic (exact) mass is 240 g/mol. The average molecular weight is 242 g/mol. The molecule has 0 aromatic carbocycles. The van der Waals surface area contributed by atoms with Crippen LogP contribution in [-0.2, 0) is 5.33 Å². The molecule has 1 heterocycles. The largest absolute Gasteiger partial charge is 0.285 e. The average Bonchev–Trinajstić information content (AvgIpc) is 2.14. The highest BCUT2D eigenvalue weighted by atomic mass is 79.9. The molecule has 2 nitrogen and oxygen atoms in total. The number of rotatable bonds is 1. The van der Waals surface area contributed by atoms with Gasteiger partial charge in [-0.3, -0.25) is 5.10 Å². The molecule has 0 aliphatic rings. The van der Waals surface area contributed by atoms with Gasteiger partial charge in [0.15, 0.2) is 0 Å². The van der Waals surface area contributed by atoms with Crippen LogP contribution in [0.4, 0.5) is 0 Å². The first kappa shape index (κ1) is 8.17. The van der Waals surface area contributed by atoms with E-state index < -0.39 is 0 Å². The van der Waals surface area contributed by atoms with Crippen LogP contribution in [0.2, 0.25) is 0 Å². The van der Waals surface area contributed by atoms with Crippen LogP contribution in [0.1, 0.15) is 5.56 Å². The molecule has 0 amide bonds. The predicted octanol–water partition coefficient (Wildman–Crippen LogP) is 1.88. The highest BCUT2D eigenvalue weighted by Gasteiger charge is 1.84. The predicted molar refractivity (Wildman–Crippen MR) is 41.5 cm³/mol. The number of H-pyrrole nitrogens is 1. The minimum absolute atomic E-state index is 0. The lowest BCUT2D eigenvalue weighted by Gasteiger charge is -1.74. The fourth-order valence-electron chi connectivity index (χ4n) is 0.351. The summed E-state index contributed by atoms with van der Waals surface area (Å²) in [5.74, 6) is 0. The lowest BCUT2D eigenvalue weighted by Crippen LogP contribution is -1.63. The number of aromatic amines is 1. The van der Waals surface area contributed by atoms with Crippen molar-refractivity contribution in [3.8, 4) is 0 Å². The first-order valence-electron chi connectivity index (χ1n) is 1.97. The van der Waals surface area contributed by atoms with E-state index in [2.05, 4.69) is 26.1 Å². The molecule has 0 radical (unpaired) electrons. The van der Waals surface area contributed by atoms with E-state index in [1.165, 1.54) is 5.56 Å². The van der Waals surface area contributed by atoms with Crippen molar-refractivity contribution < 1.29 is 0 Å². The molecule has 0 atom stereocenters. The summed E-state index contributed by atoms with van der Waals surface area (Å²) in [4.78, 5) is 0. The normalized spacial score (nSPS) is 8.12. The Labute approximate surface area is 66.6 Å². The maximum atomic E-state index is 3.74. The molecule has 4 heteroatoms. The molecule has 0 unspecified atom stereocenters. The van der Waals surface area contributed by atoms with Gasteiger partial charge >= 0.3 is 0 Å². The van der Waals surface area contributed by atoms with E-state index in [0.29, 0.717) is 0 Å². The van der Waals surface area contributed by atoms with Gasteiger partial charge in [-0.05, 0) is 0 Å². The Kier molecular flexibility index (Phi) is 4.18. The van der Waals surface area contributed by atoms with Crippen LogP contribution in [0.3, 0.4) is 0 Å². The van der Waals surface area contributed by atoms with Gasteiger partial charge in [0.2, 0.25) is 0 Å². The number of aromatic nitrogens is 2. The summed E-state index contributed by atoms with van der Waals surface area (Å²) in [5.41, 5.74) is 1.18. The lowest BCUT2D eigenvalue weighted by molar-refractivity contribution is 1.09. The summed E-state index contributed by atoms with van der Waals surface area (Å²) in [5, 5.41) is 7.32. The highest BCUT2D eigenvalue weighted by Crippen LogP contribution is 1.98. The van der Waals surface area contributed by atoms with E-state index in [1.54, 1.807) is 6.20 Å². The molecular weight excluding hydrogens is 236 g/mol. The van der Waals surface area contributed by atoms with Crippen molar-refractivity contribution in [1.29, 1.82) is 0 Å². The van der Waals surface area contributed by atoms with Crippen LogP contribution < -0.4 is 0 Å². The molecule has 8 heavy (non-hydrogen) atoms. The summed E-state index contributed by atoms with van der Waals surface area (Å²) in [7, 11) is 0. The summed E-state index contributed by atoms with van der Waals surface area (Å²) in [6.45, 7) is 0. The van der Waals surface area contributed by atoms with Crippen molar-refractivity contribution in [2.75, 3.05) is 0 Å². The summed E-state index contributed by atoms with van der Waals surface area (Å²) in [6, 6.07) is 0. The molecule has 1 aromatic rings. The van der Waals surface area contributed by atoms with E-state index in [1.807, 2.05) is 6.20 Å². The maximum Gasteiger partial charge on any atom is 0.0527 e. The minimum atomic E-state index is 0. The molecule has 0 bridgehead atoms.